The summed E-state index contributed by atoms with van der Waals surface area (Å²) in [5, 5.41) is 17.7. The van der Waals surface area contributed by atoms with E-state index in [1.165, 1.54) is 11.3 Å². The van der Waals surface area contributed by atoms with Crippen molar-refractivity contribution in [3.63, 3.8) is 0 Å². The number of aromatic nitrogens is 3. The standard InChI is InChI=1S/C12H17N5OS3/c1-3-4-14-11-16-17-12(21-11)20-7-8-6-19-10(15-8)5-9(18)13-2/h6H,3-5,7H2,1-2H3,(H,13,18)(H,14,16). The van der Waals surface area contributed by atoms with Crippen molar-refractivity contribution < 1.29 is 4.79 Å². The van der Waals surface area contributed by atoms with Gasteiger partial charge < -0.3 is 10.6 Å². The summed E-state index contributed by atoms with van der Waals surface area (Å²) in [4.78, 5) is 15.7. The molecule has 0 atom stereocenters. The van der Waals surface area contributed by atoms with Crippen LogP contribution in [0.25, 0.3) is 0 Å². The Morgan fingerprint density at radius 1 is 1.43 bits per heavy atom. The fourth-order valence-electron chi connectivity index (χ4n) is 1.43. The number of thiazole rings is 1. The average molecular weight is 344 g/mol. The minimum Gasteiger partial charge on any atom is -0.360 e. The maximum atomic E-state index is 11.3. The lowest BCUT2D eigenvalue weighted by molar-refractivity contribution is -0.119. The van der Waals surface area contributed by atoms with E-state index in [4.69, 9.17) is 0 Å². The first-order valence-electron chi connectivity index (χ1n) is 6.55. The maximum absolute atomic E-state index is 11.3. The number of anilines is 1. The summed E-state index contributed by atoms with van der Waals surface area (Å²) < 4.78 is 0.925. The van der Waals surface area contributed by atoms with Gasteiger partial charge >= 0.3 is 0 Å². The van der Waals surface area contributed by atoms with Crippen LogP contribution in [0.1, 0.15) is 24.0 Å². The highest BCUT2D eigenvalue weighted by atomic mass is 32.2. The first kappa shape index (κ1) is 16.2. The molecule has 0 aliphatic heterocycles. The van der Waals surface area contributed by atoms with Crippen molar-refractivity contribution in [3.8, 4) is 0 Å². The molecular weight excluding hydrogens is 326 g/mol. The zero-order valence-electron chi connectivity index (χ0n) is 11.9. The quantitative estimate of drug-likeness (QED) is 0.717. The smallest absolute Gasteiger partial charge is 0.226 e. The van der Waals surface area contributed by atoms with Crippen LogP contribution < -0.4 is 10.6 Å². The highest BCUT2D eigenvalue weighted by molar-refractivity contribution is 8.00. The molecule has 0 saturated heterocycles. The molecule has 114 valence electrons. The van der Waals surface area contributed by atoms with Crippen molar-refractivity contribution in [2.75, 3.05) is 18.9 Å². The first-order chi connectivity index (χ1) is 10.2. The Hall–Kier alpha value is -1.19. The summed E-state index contributed by atoms with van der Waals surface area (Å²) in [6, 6.07) is 0. The van der Waals surface area contributed by atoms with Gasteiger partial charge in [-0.1, -0.05) is 30.0 Å². The lowest BCUT2D eigenvalue weighted by Crippen LogP contribution is -2.19. The van der Waals surface area contributed by atoms with Crippen LogP contribution in [0.4, 0.5) is 5.13 Å². The highest BCUT2D eigenvalue weighted by Gasteiger charge is 2.09. The molecule has 2 aromatic rings. The minimum absolute atomic E-state index is 0.0145. The lowest BCUT2D eigenvalue weighted by atomic mass is 10.4. The topological polar surface area (TPSA) is 79.8 Å². The first-order valence-corrected chi connectivity index (χ1v) is 9.23. The average Bonchev–Trinajstić information content (AvgIpc) is 3.12. The van der Waals surface area contributed by atoms with Gasteiger partial charge in [-0.2, -0.15) is 0 Å². The Balaban J connectivity index is 1.82. The Bertz CT molecular complexity index is 583. The van der Waals surface area contributed by atoms with E-state index < -0.39 is 0 Å². The summed E-state index contributed by atoms with van der Waals surface area (Å²) in [7, 11) is 1.63. The number of thioether (sulfide) groups is 1. The van der Waals surface area contributed by atoms with Gasteiger partial charge in [-0.25, -0.2) is 4.98 Å². The molecule has 0 fully saturated rings. The maximum Gasteiger partial charge on any atom is 0.226 e. The van der Waals surface area contributed by atoms with Gasteiger partial charge in [0, 0.05) is 24.7 Å². The molecule has 21 heavy (non-hydrogen) atoms. The molecule has 0 aromatic carbocycles. The summed E-state index contributed by atoms with van der Waals surface area (Å²) in [6.07, 6.45) is 1.41. The van der Waals surface area contributed by atoms with Crippen molar-refractivity contribution in [1.82, 2.24) is 20.5 Å². The predicted molar refractivity (Wildman–Crippen MR) is 88.1 cm³/mol. The molecule has 2 N–H and O–H groups in total. The van der Waals surface area contributed by atoms with Crippen LogP contribution in [0.15, 0.2) is 9.72 Å². The molecule has 9 heteroatoms. The molecule has 0 bridgehead atoms. The third-order valence-electron chi connectivity index (χ3n) is 2.47. The van der Waals surface area contributed by atoms with Crippen molar-refractivity contribution in [2.24, 2.45) is 0 Å². The van der Waals surface area contributed by atoms with E-state index in [1.54, 1.807) is 30.1 Å². The van der Waals surface area contributed by atoms with E-state index >= 15 is 0 Å². The van der Waals surface area contributed by atoms with E-state index in [2.05, 4.69) is 32.7 Å². The summed E-state index contributed by atoms with van der Waals surface area (Å²) in [6.45, 7) is 3.02. The van der Waals surface area contributed by atoms with Gasteiger partial charge in [0.2, 0.25) is 11.0 Å². The molecule has 0 aliphatic rings. The van der Waals surface area contributed by atoms with Crippen LogP contribution in [0.5, 0.6) is 0 Å². The summed E-state index contributed by atoms with van der Waals surface area (Å²) in [5.74, 6) is 0.728. The fourth-order valence-corrected chi connectivity index (χ4v) is 4.00. The number of hydrogen-bond donors (Lipinski definition) is 2. The Labute approximate surface area is 135 Å². The van der Waals surface area contributed by atoms with Gasteiger partial charge in [0.05, 0.1) is 12.1 Å². The van der Waals surface area contributed by atoms with Crippen LogP contribution in [0.2, 0.25) is 0 Å². The van der Waals surface area contributed by atoms with Crippen molar-refractivity contribution in [2.45, 2.75) is 29.9 Å². The monoisotopic (exact) mass is 343 g/mol. The van der Waals surface area contributed by atoms with Gasteiger partial charge in [-0.3, -0.25) is 4.79 Å². The molecule has 0 saturated carbocycles. The molecule has 1 amide bonds. The van der Waals surface area contributed by atoms with Crippen molar-refractivity contribution >= 4 is 45.5 Å². The van der Waals surface area contributed by atoms with E-state index in [0.29, 0.717) is 6.42 Å². The van der Waals surface area contributed by atoms with Crippen molar-refractivity contribution in [3.05, 3.63) is 16.1 Å². The Morgan fingerprint density at radius 3 is 3.05 bits per heavy atom. The third-order valence-corrected chi connectivity index (χ3v) is 5.41. The Kier molecular flexibility index (Phi) is 6.40. The molecule has 6 nitrogen and oxygen atoms in total. The van der Waals surface area contributed by atoms with E-state index in [-0.39, 0.29) is 5.91 Å². The zero-order valence-corrected chi connectivity index (χ0v) is 14.3. The number of rotatable bonds is 8. The second-order valence-corrected chi connectivity index (χ2v) is 7.31. The largest absolute Gasteiger partial charge is 0.360 e. The fraction of sp³-hybridized carbons (Fsp3) is 0.500. The number of nitrogens with zero attached hydrogens (tertiary/aromatic N) is 3. The summed E-state index contributed by atoms with van der Waals surface area (Å²) in [5.41, 5.74) is 0.974. The van der Waals surface area contributed by atoms with Crippen LogP contribution >= 0.6 is 34.4 Å². The highest BCUT2D eigenvalue weighted by Crippen LogP contribution is 2.28. The van der Waals surface area contributed by atoms with Gasteiger partial charge in [0.25, 0.3) is 0 Å². The Morgan fingerprint density at radius 2 is 2.29 bits per heavy atom. The predicted octanol–water partition coefficient (Wildman–Crippen LogP) is 2.40. The van der Waals surface area contributed by atoms with Crippen LogP contribution in [0.3, 0.4) is 0 Å². The normalized spacial score (nSPS) is 10.6. The van der Waals surface area contributed by atoms with Gasteiger partial charge in [0.15, 0.2) is 4.34 Å². The number of carbonyl (C=O) groups excluding carboxylic acids is 1. The summed E-state index contributed by atoms with van der Waals surface area (Å²) >= 11 is 4.68. The molecule has 0 unspecified atom stereocenters. The lowest BCUT2D eigenvalue weighted by Gasteiger charge is -1.96. The van der Waals surface area contributed by atoms with Crippen LogP contribution in [-0.4, -0.2) is 34.7 Å². The van der Waals surface area contributed by atoms with Gasteiger partial charge in [-0.05, 0) is 6.42 Å². The van der Waals surface area contributed by atoms with E-state index in [9.17, 15) is 4.79 Å². The molecule has 2 rings (SSSR count). The second kappa shape index (κ2) is 8.30. The van der Waals surface area contributed by atoms with Crippen molar-refractivity contribution in [1.29, 1.82) is 0 Å². The minimum atomic E-state index is -0.0145. The third kappa shape index (κ3) is 5.25. The molecular formula is C12H17N5OS3. The van der Waals surface area contributed by atoms with Crippen LogP contribution in [-0.2, 0) is 17.0 Å². The molecule has 0 spiro atoms. The van der Waals surface area contributed by atoms with E-state index in [0.717, 1.165) is 38.9 Å². The number of hydrogen-bond acceptors (Lipinski definition) is 8. The second-order valence-electron chi connectivity index (χ2n) is 4.17. The zero-order chi connectivity index (χ0) is 15.1. The molecule has 0 aliphatic carbocycles. The van der Waals surface area contributed by atoms with Crippen LogP contribution in [0, 0.1) is 0 Å². The van der Waals surface area contributed by atoms with Gasteiger partial charge in [0.1, 0.15) is 5.01 Å². The van der Waals surface area contributed by atoms with Gasteiger partial charge in [-0.15, -0.1) is 21.5 Å². The SMILES string of the molecule is CCCNc1nnc(SCc2csc(CC(=O)NC)n2)s1. The number of amides is 1. The molecule has 0 radical (unpaired) electrons. The number of nitrogens with one attached hydrogen (secondary N) is 2. The molecule has 2 aromatic heterocycles. The number of carbonyl (C=O) groups is 1. The number of likely N-dealkylation sites (N-methyl/N-ethyl adjacent to an activating group) is 1. The van der Waals surface area contributed by atoms with E-state index in [1.807, 2.05) is 5.38 Å². The molecule has 2 heterocycles.